The summed E-state index contributed by atoms with van der Waals surface area (Å²) in [6, 6.07) is 4.46. The van der Waals surface area contributed by atoms with Crippen LogP contribution in [0.4, 0.5) is 19.0 Å². The fourth-order valence-corrected chi connectivity index (χ4v) is 5.01. The molecule has 4 rings (SSSR count). The molecule has 0 radical (unpaired) electrons. The number of hydrogen-bond acceptors (Lipinski definition) is 4. The first kappa shape index (κ1) is 22.4. The maximum atomic E-state index is 14.1. The van der Waals surface area contributed by atoms with Crippen LogP contribution in [0.5, 0.6) is 0 Å². The maximum Gasteiger partial charge on any atom is 0.425 e. The topological polar surface area (TPSA) is 47.4 Å². The standard InChI is InChI=1S/C21H22Cl2F3N3O2/c1-12-10-20(11-31-12)6-8-28(9-7-20)18-16(21(24,25)26)19(30)29(13(2)27-18)15-5-3-4-14(22)17(15)23/h3-5,12H,6-11H2,1-2H3/t12-/m1/s1. The third-order valence-electron chi connectivity index (χ3n) is 6.21. The second-order valence-corrected chi connectivity index (χ2v) is 9.17. The van der Waals surface area contributed by atoms with Gasteiger partial charge in [-0.1, -0.05) is 29.3 Å². The van der Waals surface area contributed by atoms with Gasteiger partial charge in [-0.2, -0.15) is 13.2 Å². The lowest BCUT2D eigenvalue weighted by atomic mass is 9.77. The van der Waals surface area contributed by atoms with E-state index in [1.165, 1.54) is 25.1 Å². The van der Waals surface area contributed by atoms with Gasteiger partial charge in [-0.05, 0) is 50.7 Å². The van der Waals surface area contributed by atoms with Crippen LogP contribution in [-0.2, 0) is 10.9 Å². The molecule has 31 heavy (non-hydrogen) atoms. The molecule has 0 amide bonds. The second-order valence-electron chi connectivity index (χ2n) is 8.38. The molecule has 2 aliphatic heterocycles. The van der Waals surface area contributed by atoms with Gasteiger partial charge in [0.15, 0.2) is 5.56 Å². The summed E-state index contributed by atoms with van der Waals surface area (Å²) in [7, 11) is 0. The number of aryl methyl sites for hydroxylation is 1. The summed E-state index contributed by atoms with van der Waals surface area (Å²) in [5, 5.41) is 0.129. The van der Waals surface area contributed by atoms with Gasteiger partial charge in [0.2, 0.25) is 0 Å². The molecule has 0 unspecified atom stereocenters. The number of hydrogen-bond donors (Lipinski definition) is 0. The first-order valence-electron chi connectivity index (χ1n) is 10.0. The van der Waals surface area contributed by atoms with E-state index in [2.05, 4.69) is 4.98 Å². The van der Waals surface area contributed by atoms with Gasteiger partial charge >= 0.3 is 6.18 Å². The number of anilines is 1. The molecular weight excluding hydrogens is 454 g/mol. The van der Waals surface area contributed by atoms with Crippen LogP contribution in [0.25, 0.3) is 5.69 Å². The normalized spacial score (nSPS) is 21.1. The van der Waals surface area contributed by atoms with E-state index in [1.807, 2.05) is 6.92 Å². The quantitative estimate of drug-likeness (QED) is 0.594. The van der Waals surface area contributed by atoms with Crippen LogP contribution in [0.2, 0.25) is 10.0 Å². The number of nitrogens with zero attached hydrogens (tertiary/aromatic N) is 3. The first-order valence-corrected chi connectivity index (χ1v) is 10.8. The predicted octanol–water partition coefficient (Wildman–Crippen LogP) is 5.26. The van der Waals surface area contributed by atoms with Gasteiger partial charge in [-0.25, -0.2) is 4.98 Å². The molecule has 0 N–H and O–H groups in total. The van der Waals surface area contributed by atoms with Crippen LogP contribution < -0.4 is 10.5 Å². The highest BCUT2D eigenvalue weighted by atomic mass is 35.5. The van der Waals surface area contributed by atoms with Crippen molar-refractivity contribution in [2.45, 2.75) is 45.4 Å². The van der Waals surface area contributed by atoms with Crippen LogP contribution in [0, 0.1) is 12.3 Å². The Kier molecular flexibility index (Phi) is 5.77. The molecule has 0 saturated carbocycles. The van der Waals surface area contributed by atoms with E-state index in [9.17, 15) is 18.0 Å². The summed E-state index contributed by atoms with van der Waals surface area (Å²) in [5.74, 6) is -0.221. The zero-order chi connectivity index (χ0) is 22.6. The molecule has 2 aromatic rings. The molecule has 1 spiro atoms. The molecular formula is C21H22Cl2F3N3O2. The van der Waals surface area contributed by atoms with Crippen molar-refractivity contribution < 1.29 is 17.9 Å². The van der Waals surface area contributed by atoms with Crippen molar-refractivity contribution in [2.24, 2.45) is 5.41 Å². The summed E-state index contributed by atoms with van der Waals surface area (Å²) in [6.45, 7) is 4.88. The van der Waals surface area contributed by atoms with Gasteiger partial charge in [0, 0.05) is 13.1 Å². The average Bonchev–Trinajstić information content (AvgIpc) is 3.04. The van der Waals surface area contributed by atoms with E-state index in [-0.39, 0.29) is 38.9 Å². The summed E-state index contributed by atoms with van der Waals surface area (Å²) in [4.78, 5) is 18.9. The Hall–Kier alpha value is -1.77. The Balaban J connectivity index is 1.78. The molecule has 2 aliphatic rings. The van der Waals surface area contributed by atoms with Crippen LogP contribution in [-0.4, -0.2) is 35.4 Å². The minimum absolute atomic E-state index is 0.00712. The third-order valence-corrected chi connectivity index (χ3v) is 7.01. The highest BCUT2D eigenvalue weighted by Crippen LogP contribution is 2.44. The molecule has 1 aromatic heterocycles. The summed E-state index contributed by atoms with van der Waals surface area (Å²) in [5.41, 5.74) is -2.44. The number of piperidine rings is 1. The van der Waals surface area contributed by atoms with Crippen molar-refractivity contribution in [1.29, 1.82) is 0 Å². The van der Waals surface area contributed by atoms with E-state index >= 15 is 0 Å². The van der Waals surface area contributed by atoms with E-state index in [0.717, 1.165) is 11.0 Å². The monoisotopic (exact) mass is 475 g/mol. The van der Waals surface area contributed by atoms with Crippen LogP contribution in [0.15, 0.2) is 23.0 Å². The third kappa shape index (κ3) is 4.05. The van der Waals surface area contributed by atoms with E-state index in [4.69, 9.17) is 27.9 Å². The highest BCUT2D eigenvalue weighted by Gasteiger charge is 2.45. The Morgan fingerprint density at radius 1 is 1.23 bits per heavy atom. The van der Waals surface area contributed by atoms with Crippen LogP contribution in [0.1, 0.15) is 37.6 Å². The van der Waals surface area contributed by atoms with Gasteiger partial charge in [0.05, 0.1) is 28.4 Å². The van der Waals surface area contributed by atoms with Crippen LogP contribution in [0.3, 0.4) is 0 Å². The molecule has 5 nitrogen and oxygen atoms in total. The lowest BCUT2D eigenvalue weighted by Crippen LogP contribution is -2.43. The Morgan fingerprint density at radius 2 is 1.90 bits per heavy atom. The Morgan fingerprint density at radius 3 is 2.48 bits per heavy atom. The van der Waals surface area contributed by atoms with Gasteiger partial charge in [0.1, 0.15) is 11.6 Å². The van der Waals surface area contributed by atoms with Gasteiger partial charge < -0.3 is 9.64 Å². The number of aromatic nitrogens is 2. The number of ether oxygens (including phenoxy) is 1. The van der Waals surface area contributed by atoms with Crippen molar-refractivity contribution in [3.8, 4) is 5.69 Å². The number of alkyl halides is 3. The van der Waals surface area contributed by atoms with Gasteiger partial charge in [0.25, 0.3) is 5.56 Å². The lowest BCUT2D eigenvalue weighted by Gasteiger charge is -2.39. The van der Waals surface area contributed by atoms with E-state index in [0.29, 0.717) is 32.5 Å². The molecule has 0 bridgehead atoms. The molecule has 10 heteroatoms. The number of halogens is 5. The smallest absolute Gasteiger partial charge is 0.378 e. The Labute approximate surface area is 187 Å². The zero-order valence-corrected chi connectivity index (χ0v) is 18.6. The number of rotatable bonds is 2. The fraction of sp³-hybridized carbons (Fsp3) is 0.524. The molecule has 1 aromatic carbocycles. The molecule has 2 saturated heterocycles. The molecule has 0 aliphatic carbocycles. The molecule has 3 heterocycles. The SMILES string of the molecule is Cc1nc(N2CCC3(CC2)CO[C@H](C)C3)c(C(F)(F)F)c(=O)n1-c1cccc(Cl)c1Cl. The Bertz CT molecular complexity index is 1060. The molecule has 1 atom stereocenters. The maximum absolute atomic E-state index is 14.1. The molecule has 2 fully saturated rings. The summed E-state index contributed by atoms with van der Waals surface area (Å²) >= 11 is 12.2. The highest BCUT2D eigenvalue weighted by molar-refractivity contribution is 6.43. The summed E-state index contributed by atoms with van der Waals surface area (Å²) < 4.78 is 48.7. The van der Waals surface area contributed by atoms with E-state index < -0.39 is 17.3 Å². The lowest BCUT2D eigenvalue weighted by molar-refractivity contribution is -0.138. The zero-order valence-electron chi connectivity index (χ0n) is 17.1. The van der Waals surface area contributed by atoms with Crippen LogP contribution >= 0.6 is 23.2 Å². The van der Waals surface area contributed by atoms with Crippen molar-refractivity contribution in [3.63, 3.8) is 0 Å². The van der Waals surface area contributed by atoms with Crippen molar-refractivity contribution in [2.75, 3.05) is 24.6 Å². The minimum atomic E-state index is -4.87. The predicted molar refractivity (Wildman–Crippen MR) is 114 cm³/mol. The van der Waals surface area contributed by atoms with Crippen molar-refractivity contribution in [1.82, 2.24) is 9.55 Å². The number of benzene rings is 1. The average molecular weight is 476 g/mol. The summed E-state index contributed by atoms with van der Waals surface area (Å²) in [6.07, 6.45) is -2.44. The van der Waals surface area contributed by atoms with Crippen molar-refractivity contribution >= 4 is 29.0 Å². The van der Waals surface area contributed by atoms with E-state index in [1.54, 1.807) is 4.90 Å². The fourth-order valence-electron chi connectivity index (χ4n) is 4.63. The first-order chi connectivity index (χ1) is 14.5. The van der Waals surface area contributed by atoms with Gasteiger partial charge in [-0.3, -0.25) is 9.36 Å². The van der Waals surface area contributed by atoms with Gasteiger partial charge in [-0.15, -0.1) is 0 Å². The second kappa shape index (κ2) is 7.98. The molecule has 168 valence electrons. The van der Waals surface area contributed by atoms with Crippen molar-refractivity contribution in [3.05, 3.63) is 50.0 Å². The largest absolute Gasteiger partial charge is 0.425 e. The minimum Gasteiger partial charge on any atom is -0.378 e.